The number of nitrogens with zero attached hydrogens (tertiary/aromatic N) is 6. The Kier molecular flexibility index (Phi) is 7.12. The van der Waals surface area contributed by atoms with Crippen molar-refractivity contribution in [2.24, 2.45) is 0 Å². The number of thiazole rings is 1. The van der Waals surface area contributed by atoms with Crippen LogP contribution in [0.1, 0.15) is 18.5 Å². The van der Waals surface area contributed by atoms with E-state index in [9.17, 15) is 14.7 Å². The molecule has 11 nitrogen and oxygen atoms in total. The van der Waals surface area contributed by atoms with Gasteiger partial charge in [-0.15, -0.1) is 11.3 Å². The van der Waals surface area contributed by atoms with Crippen molar-refractivity contribution in [3.05, 3.63) is 64.3 Å². The van der Waals surface area contributed by atoms with Gasteiger partial charge in [-0.2, -0.15) is 0 Å². The van der Waals surface area contributed by atoms with E-state index in [-0.39, 0.29) is 18.1 Å². The van der Waals surface area contributed by atoms with E-state index in [2.05, 4.69) is 19.9 Å². The number of carboxylic acid groups (broad SMARTS) is 1. The van der Waals surface area contributed by atoms with Crippen molar-refractivity contribution in [2.75, 3.05) is 32.8 Å². The highest BCUT2D eigenvalue weighted by molar-refractivity contribution is 7.13. The fourth-order valence-electron chi connectivity index (χ4n) is 5.18. The number of piperidine rings is 1. The maximum atomic E-state index is 12.8. The van der Waals surface area contributed by atoms with Crippen molar-refractivity contribution in [3.63, 3.8) is 0 Å². The Morgan fingerprint density at radius 3 is 2.64 bits per heavy atom. The molecule has 2 aliphatic rings. The molecule has 0 radical (unpaired) electrons. The molecular formula is C27H28N6O5S. The molecule has 1 fully saturated rings. The van der Waals surface area contributed by atoms with E-state index < -0.39 is 6.09 Å². The predicted molar refractivity (Wildman–Crippen MR) is 145 cm³/mol. The molecule has 0 atom stereocenters. The van der Waals surface area contributed by atoms with Gasteiger partial charge in [0.15, 0.2) is 11.5 Å². The van der Waals surface area contributed by atoms with Crippen LogP contribution in [0.2, 0.25) is 0 Å². The molecule has 0 saturated carbocycles. The Hall–Kier alpha value is -4.03. The van der Waals surface area contributed by atoms with Crippen LogP contribution >= 0.6 is 11.3 Å². The number of carbonyl (C=O) groups is 1. The zero-order chi connectivity index (χ0) is 26.8. The van der Waals surface area contributed by atoms with Crippen molar-refractivity contribution >= 4 is 28.5 Å². The molecule has 12 heteroatoms. The van der Waals surface area contributed by atoms with Crippen LogP contribution in [-0.2, 0) is 13.1 Å². The molecule has 1 saturated heterocycles. The first kappa shape index (κ1) is 25.3. The lowest BCUT2D eigenvalue weighted by molar-refractivity contribution is 0.0848. The van der Waals surface area contributed by atoms with Gasteiger partial charge < -0.3 is 24.0 Å². The van der Waals surface area contributed by atoms with Crippen LogP contribution in [0.5, 0.6) is 11.5 Å². The summed E-state index contributed by atoms with van der Waals surface area (Å²) < 4.78 is 12.9. The van der Waals surface area contributed by atoms with E-state index in [4.69, 9.17) is 9.47 Å². The van der Waals surface area contributed by atoms with E-state index in [1.54, 1.807) is 41.4 Å². The molecule has 0 spiro atoms. The summed E-state index contributed by atoms with van der Waals surface area (Å²) in [5.41, 5.74) is 3.00. The fourth-order valence-corrected chi connectivity index (χ4v) is 5.80. The summed E-state index contributed by atoms with van der Waals surface area (Å²) >= 11 is 1.53. The van der Waals surface area contributed by atoms with Crippen LogP contribution < -0.4 is 15.0 Å². The summed E-state index contributed by atoms with van der Waals surface area (Å²) in [4.78, 5) is 42.0. The van der Waals surface area contributed by atoms with Crippen LogP contribution in [0.3, 0.4) is 0 Å². The second-order valence-corrected chi connectivity index (χ2v) is 10.5. The minimum Gasteiger partial charge on any atom is -0.486 e. The second-order valence-electron chi connectivity index (χ2n) is 9.59. The van der Waals surface area contributed by atoms with Crippen molar-refractivity contribution in [1.82, 2.24) is 29.3 Å². The van der Waals surface area contributed by atoms with Gasteiger partial charge in [-0.25, -0.2) is 9.78 Å². The van der Waals surface area contributed by atoms with Gasteiger partial charge in [-0.1, -0.05) is 0 Å². The molecule has 1 amide bonds. The lowest BCUT2D eigenvalue weighted by atomic mass is 10.0. The first-order valence-corrected chi connectivity index (χ1v) is 13.8. The normalized spacial score (nSPS) is 15.9. The highest BCUT2D eigenvalue weighted by Gasteiger charge is 2.29. The van der Waals surface area contributed by atoms with Crippen LogP contribution in [0.4, 0.5) is 4.79 Å². The molecule has 0 aromatic carbocycles. The number of aromatic nitrogens is 4. The van der Waals surface area contributed by atoms with Crippen molar-refractivity contribution in [1.29, 1.82) is 0 Å². The third-order valence-electron chi connectivity index (χ3n) is 7.22. The number of likely N-dealkylation sites (tertiary alicyclic amines) is 1. The lowest BCUT2D eigenvalue weighted by Crippen LogP contribution is -2.47. The van der Waals surface area contributed by atoms with E-state index in [0.717, 1.165) is 34.7 Å². The van der Waals surface area contributed by atoms with Crippen LogP contribution in [0.25, 0.3) is 21.6 Å². The average Bonchev–Trinajstić information content (AvgIpc) is 3.51. The summed E-state index contributed by atoms with van der Waals surface area (Å²) in [6, 6.07) is 6.93. The smallest absolute Gasteiger partial charge is 0.407 e. The summed E-state index contributed by atoms with van der Waals surface area (Å²) in [6.07, 6.45) is 5.58. The minimum atomic E-state index is -0.962. The first-order chi connectivity index (χ1) is 19.0. The van der Waals surface area contributed by atoms with Crippen LogP contribution in [0.15, 0.2) is 53.0 Å². The maximum Gasteiger partial charge on any atom is 0.407 e. The van der Waals surface area contributed by atoms with Gasteiger partial charge in [-0.3, -0.25) is 19.7 Å². The number of hydrogen-bond acceptors (Lipinski definition) is 9. The maximum absolute atomic E-state index is 12.8. The number of rotatable bonds is 7. The average molecular weight is 549 g/mol. The predicted octanol–water partition coefficient (Wildman–Crippen LogP) is 3.33. The third kappa shape index (κ3) is 5.43. The highest BCUT2D eigenvalue weighted by atomic mass is 32.1. The molecular weight excluding hydrogens is 520 g/mol. The lowest BCUT2D eigenvalue weighted by Gasteiger charge is -2.37. The van der Waals surface area contributed by atoms with Crippen LogP contribution in [0, 0.1) is 0 Å². The van der Waals surface area contributed by atoms with E-state index in [0.29, 0.717) is 56.3 Å². The summed E-state index contributed by atoms with van der Waals surface area (Å²) in [5.74, 6) is 1.18. The van der Waals surface area contributed by atoms with Crippen molar-refractivity contribution in [3.8, 4) is 22.1 Å². The standard InChI is InChI=1S/C27H28N6O5S/c34-25-2-1-21-22(13-18(15-30-21)26-28-5-12-39-26)32(25)9-8-31-6-3-20(4-7-31)33(27(35)36)17-19-14-23-24(16-29-19)38-11-10-37-23/h1-2,5,12-16,20H,3-4,6-11,17H2,(H,35,36). The van der Waals surface area contributed by atoms with Gasteiger partial charge in [0.2, 0.25) is 0 Å². The molecule has 0 aliphatic carbocycles. The minimum absolute atomic E-state index is 0.0699. The first-order valence-electron chi connectivity index (χ1n) is 12.9. The Labute approximate surface area is 228 Å². The van der Waals surface area contributed by atoms with Gasteiger partial charge in [0.05, 0.1) is 29.5 Å². The molecule has 0 bridgehead atoms. The van der Waals surface area contributed by atoms with E-state index in [1.165, 1.54) is 16.2 Å². The Balaban J connectivity index is 1.10. The monoisotopic (exact) mass is 548 g/mol. The van der Waals surface area contributed by atoms with Crippen molar-refractivity contribution in [2.45, 2.75) is 32.0 Å². The molecule has 6 heterocycles. The quantitative estimate of drug-likeness (QED) is 0.370. The molecule has 1 N–H and O–H groups in total. The number of amides is 1. The van der Waals surface area contributed by atoms with Gasteiger partial charge in [-0.05, 0) is 25.0 Å². The zero-order valence-corrected chi connectivity index (χ0v) is 22.0. The SMILES string of the molecule is O=C(O)N(Cc1cc2c(cn1)OCCO2)C1CCN(CCn2c(=O)ccc3ncc(-c4nccs4)cc32)CC1. The summed E-state index contributed by atoms with van der Waals surface area (Å²) in [6.45, 7) is 3.82. The Bertz CT molecular complexity index is 1530. The van der Waals surface area contributed by atoms with E-state index in [1.807, 2.05) is 11.4 Å². The molecule has 4 aromatic rings. The summed E-state index contributed by atoms with van der Waals surface area (Å²) in [5, 5.41) is 12.7. The van der Waals surface area contributed by atoms with Gasteiger partial charge >= 0.3 is 6.09 Å². The fraction of sp³-hybridized carbons (Fsp3) is 0.370. The molecule has 4 aromatic heterocycles. The topological polar surface area (TPSA) is 123 Å². The van der Waals surface area contributed by atoms with Gasteiger partial charge in [0.25, 0.3) is 5.56 Å². The summed E-state index contributed by atoms with van der Waals surface area (Å²) in [7, 11) is 0. The second kappa shape index (κ2) is 11.0. The molecule has 39 heavy (non-hydrogen) atoms. The largest absolute Gasteiger partial charge is 0.486 e. The molecule has 0 unspecified atom stereocenters. The Morgan fingerprint density at radius 2 is 1.87 bits per heavy atom. The third-order valence-corrected chi connectivity index (χ3v) is 8.04. The number of ether oxygens (including phenoxy) is 2. The molecule has 2 aliphatic heterocycles. The highest BCUT2D eigenvalue weighted by Crippen LogP contribution is 2.30. The van der Waals surface area contributed by atoms with Crippen LogP contribution in [-0.4, -0.2) is 79.4 Å². The van der Waals surface area contributed by atoms with Gasteiger partial charge in [0, 0.05) is 67.7 Å². The molecule has 6 rings (SSSR count). The number of fused-ring (bicyclic) bond motifs is 2. The van der Waals surface area contributed by atoms with E-state index >= 15 is 0 Å². The van der Waals surface area contributed by atoms with Crippen molar-refractivity contribution < 1.29 is 19.4 Å². The molecule has 202 valence electrons. The zero-order valence-electron chi connectivity index (χ0n) is 21.2. The van der Waals surface area contributed by atoms with Gasteiger partial charge in [0.1, 0.15) is 18.2 Å². The number of pyridine rings is 3. The number of hydrogen-bond donors (Lipinski definition) is 1. The Morgan fingerprint density at radius 1 is 1.05 bits per heavy atom.